The quantitative estimate of drug-likeness (QED) is 0.552. The molecule has 0 heterocycles. The SMILES string of the molecule is COc1ccccc1SCC(C)C=O. The monoisotopic (exact) mass is 210 g/mol. The van der Waals surface area contributed by atoms with Crippen LogP contribution in [0, 0.1) is 5.92 Å². The van der Waals surface area contributed by atoms with E-state index in [-0.39, 0.29) is 5.92 Å². The Bertz CT molecular complexity index is 299. The van der Waals surface area contributed by atoms with Gasteiger partial charge in [0.05, 0.1) is 7.11 Å². The number of hydrogen-bond donors (Lipinski definition) is 0. The fourth-order valence-corrected chi connectivity index (χ4v) is 1.99. The molecule has 3 heteroatoms. The van der Waals surface area contributed by atoms with E-state index in [1.165, 1.54) is 0 Å². The van der Waals surface area contributed by atoms with Gasteiger partial charge in [0.1, 0.15) is 12.0 Å². The second kappa shape index (κ2) is 5.70. The van der Waals surface area contributed by atoms with Crippen LogP contribution in [0.1, 0.15) is 6.92 Å². The van der Waals surface area contributed by atoms with Gasteiger partial charge in [0, 0.05) is 16.6 Å². The van der Waals surface area contributed by atoms with Gasteiger partial charge >= 0.3 is 0 Å². The molecule has 1 aromatic carbocycles. The summed E-state index contributed by atoms with van der Waals surface area (Å²) in [5, 5.41) is 0. The normalized spacial score (nSPS) is 12.1. The van der Waals surface area contributed by atoms with Crippen molar-refractivity contribution in [2.45, 2.75) is 11.8 Å². The number of benzene rings is 1. The van der Waals surface area contributed by atoms with Gasteiger partial charge in [0.25, 0.3) is 0 Å². The van der Waals surface area contributed by atoms with E-state index in [1.54, 1.807) is 18.9 Å². The number of carbonyl (C=O) groups excluding carboxylic acids is 1. The first-order valence-corrected chi connectivity index (χ1v) is 5.47. The molecule has 0 aromatic heterocycles. The Labute approximate surface area is 88.7 Å². The third-order valence-electron chi connectivity index (χ3n) is 1.80. The Morgan fingerprint density at radius 1 is 1.50 bits per heavy atom. The van der Waals surface area contributed by atoms with E-state index < -0.39 is 0 Å². The number of rotatable bonds is 5. The van der Waals surface area contributed by atoms with Crippen LogP contribution in [-0.4, -0.2) is 19.1 Å². The molecule has 0 amide bonds. The van der Waals surface area contributed by atoms with Crippen molar-refractivity contribution in [3.63, 3.8) is 0 Å². The van der Waals surface area contributed by atoms with Gasteiger partial charge in [-0.15, -0.1) is 11.8 Å². The summed E-state index contributed by atoms with van der Waals surface area (Å²) in [6.45, 7) is 1.91. The first kappa shape index (κ1) is 11.1. The standard InChI is InChI=1S/C11H14O2S/c1-9(7-12)8-14-11-6-4-3-5-10(11)13-2/h3-7,9H,8H2,1-2H3. The highest BCUT2D eigenvalue weighted by atomic mass is 32.2. The lowest BCUT2D eigenvalue weighted by atomic mass is 10.3. The number of aldehydes is 1. The molecule has 0 aliphatic heterocycles. The van der Waals surface area contributed by atoms with E-state index in [1.807, 2.05) is 31.2 Å². The highest BCUT2D eigenvalue weighted by Crippen LogP contribution is 2.29. The molecule has 0 radical (unpaired) electrons. The number of thioether (sulfide) groups is 1. The molecule has 0 fully saturated rings. The average molecular weight is 210 g/mol. The summed E-state index contributed by atoms with van der Waals surface area (Å²) in [7, 11) is 1.66. The first-order chi connectivity index (χ1) is 6.77. The summed E-state index contributed by atoms with van der Waals surface area (Å²) >= 11 is 1.65. The number of para-hydroxylation sites is 1. The number of methoxy groups -OCH3 is 1. The second-order valence-corrected chi connectivity index (χ2v) is 4.14. The van der Waals surface area contributed by atoms with Gasteiger partial charge < -0.3 is 9.53 Å². The van der Waals surface area contributed by atoms with Crippen LogP contribution in [0.25, 0.3) is 0 Å². The average Bonchev–Trinajstić information content (AvgIpc) is 2.26. The van der Waals surface area contributed by atoms with E-state index in [9.17, 15) is 4.79 Å². The van der Waals surface area contributed by atoms with Crippen molar-refractivity contribution in [1.82, 2.24) is 0 Å². The smallest absolute Gasteiger partial charge is 0.132 e. The molecule has 1 atom stereocenters. The van der Waals surface area contributed by atoms with Crippen molar-refractivity contribution in [3.8, 4) is 5.75 Å². The Balaban J connectivity index is 2.61. The van der Waals surface area contributed by atoms with Crippen molar-refractivity contribution in [3.05, 3.63) is 24.3 Å². The highest BCUT2D eigenvalue weighted by molar-refractivity contribution is 7.99. The van der Waals surface area contributed by atoms with Crippen molar-refractivity contribution < 1.29 is 9.53 Å². The molecular formula is C11H14O2S. The minimum absolute atomic E-state index is 0.0879. The van der Waals surface area contributed by atoms with Crippen molar-refractivity contribution >= 4 is 18.0 Å². The van der Waals surface area contributed by atoms with Gasteiger partial charge in [0.15, 0.2) is 0 Å². The van der Waals surface area contributed by atoms with Crippen molar-refractivity contribution in [2.75, 3.05) is 12.9 Å². The van der Waals surface area contributed by atoms with Gasteiger partial charge in [-0.3, -0.25) is 0 Å². The van der Waals surface area contributed by atoms with Crippen LogP contribution in [0.5, 0.6) is 5.75 Å². The van der Waals surface area contributed by atoms with Crippen LogP contribution < -0.4 is 4.74 Å². The van der Waals surface area contributed by atoms with E-state index >= 15 is 0 Å². The van der Waals surface area contributed by atoms with E-state index in [4.69, 9.17) is 4.74 Å². The maximum absolute atomic E-state index is 10.4. The summed E-state index contributed by atoms with van der Waals surface area (Å²) in [5.41, 5.74) is 0. The van der Waals surface area contributed by atoms with Crippen LogP contribution in [0.4, 0.5) is 0 Å². The van der Waals surface area contributed by atoms with E-state index in [2.05, 4.69) is 0 Å². The summed E-state index contributed by atoms with van der Waals surface area (Å²) in [5.74, 6) is 1.75. The molecule has 0 N–H and O–H groups in total. The van der Waals surface area contributed by atoms with Gasteiger partial charge in [-0.1, -0.05) is 19.1 Å². The third kappa shape index (κ3) is 3.07. The molecule has 2 nitrogen and oxygen atoms in total. The maximum atomic E-state index is 10.4. The lowest BCUT2D eigenvalue weighted by molar-refractivity contribution is -0.110. The number of carbonyl (C=O) groups is 1. The predicted octanol–water partition coefficient (Wildman–Crippen LogP) is 2.62. The van der Waals surface area contributed by atoms with Crippen LogP contribution in [0.15, 0.2) is 29.2 Å². The zero-order chi connectivity index (χ0) is 10.4. The molecule has 0 aliphatic carbocycles. The van der Waals surface area contributed by atoms with Gasteiger partial charge in [0.2, 0.25) is 0 Å². The first-order valence-electron chi connectivity index (χ1n) is 4.49. The zero-order valence-electron chi connectivity index (χ0n) is 8.40. The molecular weight excluding hydrogens is 196 g/mol. The molecule has 1 unspecified atom stereocenters. The Morgan fingerprint density at radius 3 is 2.86 bits per heavy atom. The van der Waals surface area contributed by atoms with Crippen LogP contribution in [0.3, 0.4) is 0 Å². The fraction of sp³-hybridized carbons (Fsp3) is 0.364. The van der Waals surface area contributed by atoms with Crippen molar-refractivity contribution in [2.24, 2.45) is 5.92 Å². The largest absolute Gasteiger partial charge is 0.496 e. The third-order valence-corrected chi connectivity index (χ3v) is 3.14. The molecule has 76 valence electrons. The molecule has 1 rings (SSSR count). The Hall–Kier alpha value is -0.960. The van der Waals surface area contributed by atoms with Gasteiger partial charge in [-0.05, 0) is 12.1 Å². The minimum Gasteiger partial charge on any atom is -0.496 e. The number of hydrogen-bond acceptors (Lipinski definition) is 3. The second-order valence-electron chi connectivity index (χ2n) is 3.08. The lowest BCUT2D eigenvalue weighted by Crippen LogP contribution is -1.98. The van der Waals surface area contributed by atoms with Gasteiger partial charge in [-0.2, -0.15) is 0 Å². The van der Waals surface area contributed by atoms with Crippen molar-refractivity contribution in [1.29, 1.82) is 0 Å². The minimum atomic E-state index is 0.0879. The highest BCUT2D eigenvalue weighted by Gasteiger charge is 2.05. The molecule has 0 aliphatic rings. The van der Waals surface area contributed by atoms with E-state index in [0.717, 1.165) is 22.7 Å². The fourth-order valence-electron chi connectivity index (χ4n) is 0.999. The summed E-state index contributed by atoms with van der Waals surface area (Å²) in [6.07, 6.45) is 0.975. The van der Waals surface area contributed by atoms with Crippen LogP contribution in [-0.2, 0) is 4.79 Å². The zero-order valence-corrected chi connectivity index (χ0v) is 9.21. The molecule has 0 saturated carbocycles. The molecule has 1 aromatic rings. The van der Waals surface area contributed by atoms with E-state index in [0.29, 0.717) is 0 Å². The maximum Gasteiger partial charge on any atom is 0.132 e. The number of ether oxygens (including phenoxy) is 1. The topological polar surface area (TPSA) is 26.3 Å². The van der Waals surface area contributed by atoms with Crippen LogP contribution in [0.2, 0.25) is 0 Å². The molecule has 0 spiro atoms. The summed E-state index contributed by atoms with van der Waals surface area (Å²) in [6, 6.07) is 7.83. The molecule has 0 saturated heterocycles. The van der Waals surface area contributed by atoms with Gasteiger partial charge in [-0.25, -0.2) is 0 Å². The summed E-state index contributed by atoms with van der Waals surface area (Å²) in [4.78, 5) is 11.5. The molecule has 14 heavy (non-hydrogen) atoms. The molecule has 0 bridgehead atoms. The van der Waals surface area contributed by atoms with Crippen LogP contribution >= 0.6 is 11.8 Å². The summed E-state index contributed by atoms with van der Waals surface area (Å²) < 4.78 is 5.20. The lowest BCUT2D eigenvalue weighted by Gasteiger charge is -2.08. The Morgan fingerprint density at radius 2 is 2.21 bits per heavy atom. The predicted molar refractivity (Wildman–Crippen MR) is 58.9 cm³/mol. The Kier molecular flexibility index (Phi) is 4.53.